The van der Waals surface area contributed by atoms with E-state index in [1.165, 1.54) is 18.2 Å². The molecule has 0 atom stereocenters. The van der Waals surface area contributed by atoms with E-state index in [0.29, 0.717) is 25.2 Å². The third-order valence-electron chi connectivity index (χ3n) is 3.97. The van der Waals surface area contributed by atoms with Crippen molar-refractivity contribution < 1.29 is 13.6 Å². The molecule has 0 saturated heterocycles. The van der Waals surface area contributed by atoms with Crippen molar-refractivity contribution in [3.63, 3.8) is 0 Å². The van der Waals surface area contributed by atoms with E-state index < -0.39 is 11.6 Å². The van der Waals surface area contributed by atoms with Crippen LogP contribution in [0.3, 0.4) is 0 Å². The molecule has 0 bridgehead atoms. The number of anilines is 1. The molecule has 0 unspecified atom stereocenters. The van der Waals surface area contributed by atoms with Crippen LogP contribution in [0, 0.1) is 11.6 Å². The lowest BCUT2D eigenvalue weighted by atomic mass is 10.0. The minimum atomic E-state index is -0.597. The Labute approximate surface area is 150 Å². The molecular formula is C20H19F2N3O. The molecule has 134 valence electrons. The van der Waals surface area contributed by atoms with Crippen LogP contribution < -0.4 is 10.6 Å². The summed E-state index contributed by atoms with van der Waals surface area (Å²) in [6, 6.07) is 9.24. The second kappa shape index (κ2) is 7.91. The number of aliphatic imine (C=N–C) groups is 1. The number of amides is 1. The van der Waals surface area contributed by atoms with Gasteiger partial charge in [0, 0.05) is 36.5 Å². The number of carbonyl (C=O) groups excluding carboxylic acids is 1. The van der Waals surface area contributed by atoms with Crippen molar-refractivity contribution in [3.8, 4) is 0 Å². The van der Waals surface area contributed by atoms with Crippen LogP contribution in [0.1, 0.15) is 23.6 Å². The first kappa shape index (κ1) is 17.8. The lowest BCUT2D eigenvalue weighted by Crippen LogP contribution is -2.20. The van der Waals surface area contributed by atoms with E-state index >= 15 is 0 Å². The summed E-state index contributed by atoms with van der Waals surface area (Å²) < 4.78 is 26.5. The Balaban J connectivity index is 1.71. The lowest BCUT2D eigenvalue weighted by molar-refractivity contribution is -0.116. The van der Waals surface area contributed by atoms with Gasteiger partial charge in [0.05, 0.1) is 12.3 Å². The average Bonchev–Trinajstić information content (AvgIpc) is 3.00. The van der Waals surface area contributed by atoms with Crippen molar-refractivity contribution in [2.24, 2.45) is 4.99 Å². The minimum absolute atomic E-state index is 0.161. The predicted octanol–water partition coefficient (Wildman–Crippen LogP) is 3.57. The molecule has 3 rings (SSSR count). The maximum atomic E-state index is 13.3. The molecule has 26 heavy (non-hydrogen) atoms. The van der Waals surface area contributed by atoms with Gasteiger partial charge < -0.3 is 10.6 Å². The molecule has 1 heterocycles. The normalized spacial score (nSPS) is 12.8. The van der Waals surface area contributed by atoms with Gasteiger partial charge in [0.1, 0.15) is 11.6 Å². The predicted molar refractivity (Wildman–Crippen MR) is 98.2 cm³/mol. The molecule has 1 amide bonds. The Morgan fingerprint density at radius 1 is 1.19 bits per heavy atom. The molecule has 2 aromatic rings. The number of nitrogens with zero attached hydrogens (tertiary/aromatic N) is 1. The van der Waals surface area contributed by atoms with Crippen molar-refractivity contribution in [2.75, 3.05) is 11.9 Å². The van der Waals surface area contributed by atoms with Crippen LogP contribution in [-0.4, -0.2) is 18.2 Å². The molecule has 2 aromatic carbocycles. The van der Waals surface area contributed by atoms with Gasteiger partial charge in [-0.25, -0.2) is 8.78 Å². The summed E-state index contributed by atoms with van der Waals surface area (Å²) in [4.78, 5) is 16.0. The van der Waals surface area contributed by atoms with Crippen molar-refractivity contribution >= 4 is 17.3 Å². The second-order valence-electron chi connectivity index (χ2n) is 5.93. The summed E-state index contributed by atoms with van der Waals surface area (Å²) in [5.41, 5.74) is 4.10. The van der Waals surface area contributed by atoms with Crippen LogP contribution >= 0.6 is 0 Å². The molecular weight excluding hydrogens is 336 g/mol. The highest BCUT2D eigenvalue weighted by molar-refractivity contribution is 6.13. The minimum Gasteiger partial charge on any atom is -0.381 e. The number of nitrogens with one attached hydrogen (secondary N) is 2. The Morgan fingerprint density at radius 3 is 2.69 bits per heavy atom. The number of fused-ring (bicyclic) bond motifs is 1. The molecule has 0 fully saturated rings. The molecule has 0 spiro atoms. The maximum Gasteiger partial charge on any atom is 0.244 e. The number of hydrogen-bond acceptors (Lipinski definition) is 3. The number of benzene rings is 2. The average molecular weight is 355 g/mol. The van der Waals surface area contributed by atoms with Gasteiger partial charge in [-0.1, -0.05) is 6.07 Å². The smallest absolute Gasteiger partial charge is 0.244 e. The van der Waals surface area contributed by atoms with Crippen molar-refractivity contribution in [1.82, 2.24) is 5.32 Å². The topological polar surface area (TPSA) is 53.5 Å². The monoisotopic (exact) mass is 355 g/mol. The van der Waals surface area contributed by atoms with Crippen LogP contribution in [-0.2, 0) is 17.9 Å². The second-order valence-corrected chi connectivity index (χ2v) is 5.93. The molecule has 1 aliphatic rings. The maximum absolute atomic E-state index is 13.3. The van der Waals surface area contributed by atoms with Gasteiger partial charge in [-0.15, -0.1) is 0 Å². The first-order chi connectivity index (χ1) is 12.5. The zero-order chi connectivity index (χ0) is 18.5. The Hall–Kier alpha value is -3.02. The number of likely N-dealkylation sites (N-methyl/N-ethyl adjacent to an activating group) is 1. The quantitative estimate of drug-likeness (QED) is 0.779. The zero-order valence-corrected chi connectivity index (χ0v) is 14.4. The highest BCUT2D eigenvalue weighted by atomic mass is 19.1. The molecule has 6 heteroatoms. The molecule has 2 N–H and O–H groups in total. The summed E-state index contributed by atoms with van der Waals surface area (Å²) in [7, 11) is 0. The van der Waals surface area contributed by atoms with Crippen LogP contribution in [0.5, 0.6) is 0 Å². The van der Waals surface area contributed by atoms with E-state index in [1.54, 1.807) is 6.08 Å². The summed E-state index contributed by atoms with van der Waals surface area (Å²) in [5, 5.41) is 5.86. The van der Waals surface area contributed by atoms with E-state index in [4.69, 9.17) is 0 Å². The van der Waals surface area contributed by atoms with Crippen molar-refractivity contribution in [1.29, 1.82) is 0 Å². The Morgan fingerprint density at radius 2 is 1.96 bits per heavy atom. The summed E-state index contributed by atoms with van der Waals surface area (Å²) in [6.07, 6.45) is 3.16. The number of halogens is 2. The van der Waals surface area contributed by atoms with Crippen molar-refractivity contribution in [2.45, 2.75) is 20.0 Å². The van der Waals surface area contributed by atoms with Gasteiger partial charge in [-0.05, 0) is 48.4 Å². The van der Waals surface area contributed by atoms with Crippen molar-refractivity contribution in [3.05, 3.63) is 76.9 Å². The lowest BCUT2D eigenvalue weighted by Gasteiger charge is -2.09. The SMILES string of the molecule is CCNC(=O)/C=C/C1=NCc2ccc(NCc3cc(F)cc(F)c3)cc21. The Kier molecular flexibility index (Phi) is 5.41. The van der Waals surface area contributed by atoms with E-state index in [1.807, 2.05) is 25.1 Å². The van der Waals surface area contributed by atoms with Crippen LogP contribution in [0.2, 0.25) is 0 Å². The van der Waals surface area contributed by atoms with E-state index in [9.17, 15) is 13.6 Å². The van der Waals surface area contributed by atoms with Gasteiger partial charge in [0.15, 0.2) is 0 Å². The van der Waals surface area contributed by atoms with Gasteiger partial charge in [0.25, 0.3) is 0 Å². The fourth-order valence-electron chi connectivity index (χ4n) is 2.77. The van der Waals surface area contributed by atoms with Crippen LogP contribution in [0.25, 0.3) is 0 Å². The summed E-state index contributed by atoms with van der Waals surface area (Å²) >= 11 is 0. The first-order valence-electron chi connectivity index (χ1n) is 8.37. The summed E-state index contributed by atoms with van der Waals surface area (Å²) in [6.45, 7) is 3.30. The number of allylic oxidation sites excluding steroid dienone is 1. The van der Waals surface area contributed by atoms with E-state index in [2.05, 4.69) is 15.6 Å². The molecule has 0 aromatic heterocycles. The highest BCUT2D eigenvalue weighted by Gasteiger charge is 2.14. The number of carbonyl (C=O) groups is 1. The largest absolute Gasteiger partial charge is 0.381 e. The molecule has 1 aliphatic heterocycles. The molecule has 0 radical (unpaired) electrons. The van der Waals surface area contributed by atoms with Crippen LogP contribution in [0.4, 0.5) is 14.5 Å². The third-order valence-corrected chi connectivity index (χ3v) is 3.97. The van der Waals surface area contributed by atoms with E-state index in [0.717, 1.165) is 28.6 Å². The summed E-state index contributed by atoms with van der Waals surface area (Å²) in [5.74, 6) is -1.35. The Bertz CT molecular complexity index is 870. The fourth-order valence-corrected chi connectivity index (χ4v) is 2.77. The standard InChI is InChI=1S/C20H19F2N3O/c1-2-23-20(26)6-5-19-18-10-17(4-3-14(18)12-25-19)24-11-13-7-15(21)9-16(22)8-13/h3-10,24H,2,11-12H2,1H3,(H,23,26)/b6-5+. The zero-order valence-electron chi connectivity index (χ0n) is 14.4. The first-order valence-corrected chi connectivity index (χ1v) is 8.37. The fraction of sp³-hybridized carbons (Fsp3) is 0.200. The number of hydrogen-bond donors (Lipinski definition) is 2. The van der Waals surface area contributed by atoms with Crippen LogP contribution in [0.15, 0.2) is 53.5 Å². The molecule has 4 nitrogen and oxygen atoms in total. The number of rotatable bonds is 6. The molecule has 0 aliphatic carbocycles. The van der Waals surface area contributed by atoms with Gasteiger partial charge >= 0.3 is 0 Å². The van der Waals surface area contributed by atoms with E-state index in [-0.39, 0.29) is 5.91 Å². The third kappa shape index (κ3) is 4.33. The van der Waals surface area contributed by atoms with Gasteiger partial charge in [-0.3, -0.25) is 9.79 Å². The highest BCUT2D eigenvalue weighted by Crippen LogP contribution is 2.24. The van der Waals surface area contributed by atoms with Gasteiger partial charge in [-0.2, -0.15) is 0 Å². The molecule has 0 saturated carbocycles. The van der Waals surface area contributed by atoms with Gasteiger partial charge in [0.2, 0.25) is 5.91 Å².